The predicted molar refractivity (Wildman–Crippen MR) is 108 cm³/mol. The largest absolute Gasteiger partial charge is 0.493 e. The molecular formula is C22H23NO6. The molecular weight excluding hydrogens is 374 g/mol. The molecule has 0 aliphatic rings. The Morgan fingerprint density at radius 1 is 1.00 bits per heavy atom. The van der Waals surface area contributed by atoms with Gasteiger partial charge in [0.1, 0.15) is 0 Å². The molecule has 0 radical (unpaired) electrons. The van der Waals surface area contributed by atoms with Crippen LogP contribution in [0.2, 0.25) is 0 Å². The monoisotopic (exact) mass is 397 g/mol. The fourth-order valence-corrected chi connectivity index (χ4v) is 2.61. The van der Waals surface area contributed by atoms with E-state index in [0.717, 1.165) is 11.1 Å². The number of nitrogens with two attached hydrogens (primary N) is 1. The minimum absolute atomic E-state index is 0.262. The quantitative estimate of drug-likeness (QED) is 0.396. The van der Waals surface area contributed by atoms with Gasteiger partial charge in [-0.2, -0.15) is 0 Å². The molecule has 0 aliphatic heterocycles. The van der Waals surface area contributed by atoms with E-state index < -0.39 is 11.9 Å². The van der Waals surface area contributed by atoms with Crippen LogP contribution in [0.1, 0.15) is 27.0 Å². The Labute approximate surface area is 169 Å². The number of carbonyl (C=O) groups is 3. The topological polar surface area (TPSA) is 105 Å². The van der Waals surface area contributed by atoms with E-state index in [2.05, 4.69) is 0 Å². The number of esters is 1. The van der Waals surface area contributed by atoms with Crippen LogP contribution in [0.5, 0.6) is 11.5 Å². The summed E-state index contributed by atoms with van der Waals surface area (Å²) in [4.78, 5) is 35.0. The van der Waals surface area contributed by atoms with E-state index >= 15 is 0 Å². The van der Waals surface area contributed by atoms with E-state index in [1.807, 2.05) is 26.0 Å². The number of amides is 1. The SMILES string of the molecule is COc1cc(C=CC(=O)OCC(=O)c2ccc(C)cc2C)ccc1OCC(N)=O. The smallest absolute Gasteiger partial charge is 0.331 e. The summed E-state index contributed by atoms with van der Waals surface area (Å²) in [6.45, 7) is 3.17. The standard InChI is InChI=1S/C22H23NO6/c1-14-4-7-17(15(2)10-14)18(24)12-29-22(26)9-6-16-5-8-19(20(11-16)27-3)28-13-21(23)25/h4-11H,12-13H2,1-3H3,(H2,23,25). The molecule has 0 aromatic heterocycles. The first kappa shape index (κ1) is 21.7. The van der Waals surface area contributed by atoms with Gasteiger partial charge in [0.25, 0.3) is 5.91 Å². The number of hydrogen-bond donors (Lipinski definition) is 1. The van der Waals surface area contributed by atoms with Gasteiger partial charge in [-0.1, -0.05) is 29.8 Å². The number of hydrogen-bond acceptors (Lipinski definition) is 6. The van der Waals surface area contributed by atoms with Crippen molar-refractivity contribution < 1.29 is 28.6 Å². The number of benzene rings is 2. The number of ether oxygens (including phenoxy) is 3. The van der Waals surface area contributed by atoms with Crippen molar-refractivity contribution in [2.75, 3.05) is 20.3 Å². The summed E-state index contributed by atoms with van der Waals surface area (Å²) in [6.07, 6.45) is 2.73. The maximum absolute atomic E-state index is 12.2. The van der Waals surface area contributed by atoms with Gasteiger partial charge >= 0.3 is 5.97 Å². The van der Waals surface area contributed by atoms with Crippen molar-refractivity contribution in [3.05, 3.63) is 64.7 Å². The highest BCUT2D eigenvalue weighted by Crippen LogP contribution is 2.28. The van der Waals surface area contributed by atoms with Gasteiger partial charge in [-0.15, -0.1) is 0 Å². The van der Waals surface area contributed by atoms with Crippen LogP contribution in [0.15, 0.2) is 42.5 Å². The van der Waals surface area contributed by atoms with Crippen molar-refractivity contribution in [3.63, 3.8) is 0 Å². The van der Waals surface area contributed by atoms with Crippen molar-refractivity contribution in [2.24, 2.45) is 5.73 Å². The number of ketones is 1. The van der Waals surface area contributed by atoms with Crippen LogP contribution in [0, 0.1) is 13.8 Å². The highest BCUT2D eigenvalue weighted by atomic mass is 16.5. The van der Waals surface area contributed by atoms with Crippen molar-refractivity contribution in [2.45, 2.75) is 13.8 Å². The zero-order valence-corrected chi connectivity index (χ0v) is 16.6. The van der Waals surface area contributed by atoms with Crippen LogP contribution in [0.4, 0.5) is 0 Å². The molecule has 2 aromatic carbocycles. The molecule has 0 saturated heterocycles. The van der Waals surface area contributed by atoms with Gasteiger partial charge in [-0.25, -0.2) is 4.79 Å². The molecule has 0 spiro atoms. The van der Waals surface area contributed by atoms with E-state index in [0.29, 0.717) is 22.6 Å². The van der Waals surface area contributed by atoms with Crippen LogP contribution in [0.3, 0.4) is 0 Å². The van der Waals surface area contributed by atoms with Gasteiger partial charge in [-0.3, -0.25) is 9.59 Å². The lowest BCUT2D eigenvalue weighted by molar-refractivity contribution is -0.136. The normalized spacial score (nSPS) is 10.6. The van der Waals surface area contributed by atoms with Gasteiger partial charge in [-0.05, 0) is 43.2 Å². The maximum atomic E-state index is 12.2. The van der Waals surface area contributed by atoms with Crippen LogP contribution < -0.4 is 15.2 Å². The highest BCUT2D eigenvalue weighted by Gasteiger charge is 2.11. The fraction of sp³-hybridized carbons (Fsp3) is 0.227. The zero-order valence-electron chi connectivity index (χ0n) is 16.6. The minimum atomic E-state index is -0.642. The molecule has 7 heteroatoms. The number of methoxy groups -OCH3 is 1. The molecule has 0 bridgehead atoms. The molecule has 0 atom stereocenters. The second-order valence-corrected chi connectivity index (χ2v) is 6.35. The molecule has 0 unspecified atom stereocenters. The average Bonchev–Trinajstić information content (AvgIpc) is 2.69. The predicted octanol–water partition coefficient (Wildman–Crippen LogP) is 2.62. The number of aryl methyl sites for hydroxylation is 2. The Hall–Kier alpha value is -3.61. The molecule has 0 saturated carbocycles. The maximum Gasteiger partial charge on any atom is 0.331 e. The van der Waals surface area contributed by atoms with Crippen LogP contribution in [-0.4, -0.2) is 38.0 Å². The van der Waals surface area contributed by atoms with Crippen molar-refractivity contribution in [1.82, 2.24) is 0 Å². The van der Waals surface area contributed by atoms with Crippen molar-refractivity contribution in [1.29, 1.82) is 0 Å². The summed E-state index contributed by atoms with van der Waals surface area (Å²) in [5.74, 6) is -0.774. The third-order valence-electron chi connectivity index (χ3n) is 4.00. The average molecular weight is 397 g/mol. The van der Waals surface area contributed by atoms with E-state index in [4.69, 9.17) is 19.9 Å². The molecule has 152 valence electrons. The van der Waals surface area contributed by atoms with Crippen molar-refractivity contribution >= 4 is 23.7 Å². The Bertz CT molecular complexity index is 948. The van der Waals surface area contributed by atoms with Gasteiger partial charge in [0.05, 0.1) is 7.11 Å². The summed E-state index contributed by atoms with van der Waals surface area (Å²) in [7, 11) is 1.45. The summed E-state index contributed by atoms with van der Waals surface area (Å²) in [5, 5.41) is 0. The Morgan fingerprint density at radius 2 is 1.76 bits per heavy atom. The number of primary amides is 1. The van der Waals surface area contributed by atoms with Gasteiger partial charge in [0.2, 0.25) is 5.78 Å². The lowest BCUT2D eigenvalue weighted by Gasteiger charge is -2.10. The van der Waals surface area contributed by atoms with Gasteiger partial charge < -0.3 is 19.9 Å². The molecule has 2 rings (SSSR count). The first-order valence-corrected chi connectivity index (χ1v) is 8.84. The lowest BCUT2D eigenvalue weighted by Crippen LogP contribution is -2.20. The third-order valence-corrected chi connectivity index (χ3v) is 4.00. The number of rotatable bonds is 9. The first-order chi connectivity index (χ1) is 13.8. The van der Waals surface area contributed by atoms with Crippen LogP contribution >= 0.6 is 0 Å². The van der Waals surface area contributed by atoms with E-state index in [9.17, 15) is 14.4 Å². The summed E-state index contributed by atoms with van der Waals surface area (Å²) >= 11 is 0. The molecule has 7 nitrogen and oxygen atoms in total. The molecule has 0 fully saturated rings. The molecule has 1 amide bonds. The van der Waals surface area contributed by atoms with E-state index in [1.54, 1.807) is 24.3 Å². The molecule has 29 heavy (non-hydrogen) atoms. The van der Waals surface area contributed by atoms with E-state index in [1.165, 1.54) is 19.3 Å². The summed E-state index contributed by atoms with van der Waals surface area (Å²) in [6, 6.07) is 10.4. The first-order valence-electron chi connectivity index (χ1n) is 8.84. The molecule has 0 aliphatic carbocycles. The van der Waals surface area contributed by atoms with Crippen LogP contribution in [-0.2, 0) is 14.3 Å². The van der Waals surface area contributed by atoms with Crippen molar-refractivity contribution in [3.8, 4) is 11.5 Å². The van der Waals surface area contributed by atoms with Gasteiger partial charge in [0.15, 0.2) is 24.7 Å². The zero-order chi connectivity index (χ0) is 21.4. The highest BCUT2D eigenvalue weighted by molar-refractivity contribution is 6.00. The second kappa shape index (κ2) is 10.1. The Morgan fingerprint density at radius 3 is 2.41 bits per heavy atom. The Balaban J connectivity index is 1.96. The summed E-state index contributed by atoms with van der Waals surface area (Å²) in [5.41, 5.74) is 8.12. The Kier molecular flexibility index (Phi) is 7.54. The second-order valence-electron chi connectivity index (χ2n) is 6.35. The molecule has 2 N–H and O–H groups in total. The van der Waals surface area contributed by atoms with E-state index in [-0.39, 0.29) is 19.0 Å². The van der Waals surface area contributed by atoms with Crippen LogP contribution in [0.25, 0.3) is 6.08 Å². The molecule has 2 aromatic rings. The fourth-order valence-electron chi connectivity index (χ4n) is 2.61. The number of Topliss-reactive ketones (excluding diaryl/α,β-unsaturated/α-hetero) is 1. The number of carbonyl (C=O) groups excluding carboxylic acids is 3. The third kappa shape index (κ3) is 6.49. The molecule has 0 heterocycles. The van der Waals surface area contributed by atoms with Gasteiger partial charge in [0, 0.05) is 11.6 Å². The minimum Gasteiger partial charge on any atom is -0.493 e. The summed E-state index contributed by atoms with van der Waals surface area (Å²) < 4.78 is 15.5. The lowest BCUT2D eigenvalue weighted by atomic mass is 10.0.